The van der Waals surface area contributed by atoms with Gasteiger partial charge in [-0.05, 0) is 25.7 Å². The summed E-state index contributed by atoms with van der Waals surface area (Å²) in [4.78, 5) is 36.4. The number of rotatable bonds is 5. The highest BCUT2D eigenvalue weighted by Crippen LogP contribution is 2.29. The van der Waals surface area contributed by atoms with Gasteiger partial charge in [-0.3, -0.25) is 24.3 Å². The number of nitro groups is 1. The molecule has 0 radical (unpaired) electrons. The molecule has 0 bridgehead atoms. The van der Waals surface area contributed by atoms with Crippen molar-refractivity contribution in [2.75, 3.05) is 13.1 Å². The first-order valence-corrected chi connectivity index (χ1v) is 7.91. The summed E-state index contributed by atoms with van der Waals surface area (Å²) in [5.41, 5.74) is -0.621. The molecule has 1 aromatic heterocycles. The van der Waals surface area contributed by atoms with Crippen LogP contribution in [0.1, 0.15) is 25.7 Å². The maximum absolute atomic E-state index is 12.1. The Kier molecular flexibility index (Phi) is 4.42. The number of nitrogens with one attached hydrogen (secondary N) is 1. The summed E-state index contributed by atoms with van der Waals surface area (Å²) in [5.74, 6) is -0.280. The zero-order valence-electron chi connectivity index (χ0n) is 12.8. The molecule has 1 N–H and O–H groups in total. The van der Waals surface area contributed by atoms with E-state index < -0.39 is 10.5 Å². The lowest BCUT2D eigenvalue weighted by Gasteiger charge is -2.32. The number of hydrogen-bond acceptors (Lipinski definition) is 5. The van der Waals surface area contributed by atoms with Gasteiger partial charge in [0.25, 0.3) is 11.2 Å². The van der Waals surface area contributed by atoms with E-state index in [2.05, 4.69) is 10.2 Å². The van der Waals surface area contributed by atoms with Gasteiger partial charge in [-0.2, -0.15) is 0 Å². The van der Waals surface area contributed by atoms with E-state index >= 15 is 0 Å². The minimum atomic E-state index is -0.582. The Morgan fingerprint density at radius 1 is 1.26 bits per heavy atom. The van der Waals surface area contributed by atoms with Gasteiger partial charge in [0.05, 0.1) is 11.1 Å². The van der Waals surface area contributed by atoms with Crippen molar-refractivity contribution in [1.29, 1.82) is 0 Å². The van der Waals surface area contributed by atoms with Gasteiger partial charge < -0.3 is 10.2 Å². The van der Waals surface area contributed by atoms with E-state index in [9.17, 15) is 19.7 Å². The Labute approximate surface area is 133 Å². The van der Waals surface area contributed by atoms with Crippen LogP contribution in [-0.2, 0) is 11.3 Å². The van der Waals surface area contributed by atoms with E-state index in [0.29, 0.717) is 0 Å². The first-order valence-electron chi connectivity index (χ1n) is 7.91. The number of piperidine rings is 1. The molecule has 23 heavy (non-hydrogen) atoms. The molecular weight excluding hydrogens is 300 g/mol. The van der Waals surface area contributed by atoms with Crippen molar-refractivity contribution in [1.82, 2.24) is 14.8 Å². The van der Waals surface area contributed by atoms with Gasteiger partial charge in [0.2, 0.25) is 5.91 Å². The Balaban J connectivity index is 1.54. The molecule has 1 aliphatic heterocycles. The summed E-state index contributed by atoms with van der Waals surface area (Å²) in [6.07, 6.45) is 5.50. The Morgan fingerprint density at radius 2 is 1.96 bits per heavy atom. The SMILES string of the molecule is O=C(Cn1cc([N+](=O)[O-])ccc1=O)NC1CCN(C2CC2)CC1. The molecule has 0 aromatic carbocycles. The minimum Gasteiger partial charge on any atom is -0.352 e. The third kappa shape index (κ3) is 3.95. The fraction of sp³-hybridized carbons (Fsp3) is 0.600. The standard InChI is InChI=1S/C15H20N4O4/c20-14(10-18-9-13(19(22)23)3-4-15(18)21)16-11-5-7-17(8-6-11)12-1-2-12/h3-4,9,11-12H,1-2,5-8,10H2,(H,16,20). The van der Waals surface area contributed by atoms with Crippen LogP contribution in [-0.4, -0.2) is 45.5 Å². The molecule has 0 spiro atoms. The number of carbonyl (C=O) groups is 1. The lowest BCUT2D eigenvalue weighted by Crippen LogP contribution is -2.46. The van der Waals surface area contributed by atoms with Gasteiger partial charge in [-0.25, -0.2) is 0 Å². The molecule has 1 saturated heterocycles. The Morgan fingerprint density at radius 3 is 2.57 bits per heavy atom. The lowest BCUT2D eigenvalue weighted by atomic mass is 10.0. The van der Waals surface area contributed by atoms with Crippen molar-refractivity contribution in [3.8, 4) is 0 Å². The van der Waals surface area contributed by atoms with E-state index in [-0.39, 0.29) is 24.2 Å². The zero-order chi connectivity index (χ0) is 16.4. The molecule has 0 unspecified atom stereocenters. The maximum atomic E-state index is 12.1. The fourth-order valence-electron chi connectivity index (χ4n) is 3.03. The normalized spacial score (nSPS) is 19.5. The van der Waals surface area contributed by atoms with E-state index in [4.69, 9.17) is 0 Å². The van der Waals surface area contributed by atoms with E-state index in [1.165, 1.54) is 12.8 Å². The summed E-state index contributed by atoms with van der Waals surface area (Å²) < 4.78 is 1.08. The van der Waals surface area contributed by atoms with Crippen molar-refractivity contribution in [3.63, 3.8) is 0 Å². The van der Waals surface area contributed by atoms with Gasteiger partial charge in [-0.1, -0.05) is 0 Å². The number of likely N-dealkylation sites (tertiary alicyclic amines) is 1. The largest absolute Gasteiger partial charge is 0.352 e. The number of carbonyl (C=O) groups excluding carboxylic acids is 1. The van der Waals surface area contributed by atoms with Crippen LogP contribution in [0.2, 0.25) is 0 Å². The van der Waals surface area contributed by atoms with Crippen LogP contribution in [0, 0.1) is 10.1 Å². The monoisotopic (exact) mass is 320 g/mol. The fourth-order valence-corrected chi connectivity index (χ4v) is 3.03. The summed E-state index contributed by atoms with van der Waals surface area (Å²) in [6, 6.07) is 3.12. The number of aromatic nitrogens is 1. The number of hydrogen-bond donors (Lipinski definition) is 1. The third-order valence-electron chi connectivity index (χ3n) is 4.45. The molecule has 124 valence electrons. The summed E-state index contributed by atoms with van der Waals surface area (Å²) in [5, 5.41) is 13.7. The van der Waals surface area contributed by atoms with Gasteiger partial charge in [0, 0.05) is 37.3 Å². The average Bonchev–Trinajstić information content (AvgIpc) is 3.35. The van der Waals surface area contributed by atoms with Crippen molar-refractivity contribution < 1.29 is 9.72 Å². The Hall–Kier alpha value is -2.22. The molecule has 8 nitrogen and oxygen atoms in total. The number of nitrogens with zero attached hydrogens (tertiary/aromatic N) is 3. The van der Waals surface area contributed by atoms with Gasteiger partial charge >= 0.3 is 0 Å². The molecule has 2 heterocycles. The van der Waals surface area contributed by atoms with Crippen LogP contribution < -0.4 is 10.9 Å². The highest BCUT2D eigenvalue weighted by atomic mass is 16.6. The van der Waals surface area contributed by atoms with Crippen molar-refractivity contribution >= 4 is 11.6 Å². The van der Waals surface area contributed by atoms with Crippen LogP contribution in [0.15, 0.2) is 23.1 Å². The highest BCUT2D eigenvalue weighted by Gasteiger charge is 2.32. The quantitative estimate of drug-likeness (QED) is 0.629. The van der Waals surface area contributed by atoms with Gasteiger partial charge in [0.15, 0.2) is 0 Å². The Bertz CT molecular complexity index is 660. The predicted octanol–water partition coefficient (Wildman–Crippen LogP) is 0.499. The van der Waals surface area contributed by atoms with Crippen molar-refractivity contribution in [3.05, 3.63) is 38.8 Å². The summed E-state index contributed by atoms with van der Waals surface area (Å²) in [6.45, 7) is 1.79. The first kappa shape index (κ1) is 15.7. The van der Waals surface area contributed by atoms with Crippen LogP contribution in [0.4, 0.5) is 5.69 Å². The van der Waals surface area contributed by atoms with E-state index in [1.54, 1.807) is 0 Å². The van der Waals surface area contributed by atoms with Crippen LogP contribution in [0.5, 0.6) is 0 Å². The second-order valence-corrected chi connectivity index (χ2v) is 6.22. The maximum Gasteiger partial charge on any atom is 0.285 e. The predicted molar refractivity (Wildman–Crippen MR) is 83.1 cm³/mol. The van der Waals surface area contributed by atoms with Crippen molar-refractivity contribution in [2.24, 2.45) is 0 Å². The summed E-state index contributed by atoms with van der Waals surface area (Å²) >= 11 is 0. The van der Waals surface area contributed by atoms with Crippen LogP contribution in [0.3, 0.4) is 0 Å². The third-order valence-corrected chi connectivity index (χ3v) is 4.45. The first-order chi connectivity index (χ1) is 11.0. The molecule has 2 aliphatic rings. The topological polar surface area (TPSA) is 97.5 Å². The zero-order valence-corrected chi connectivity index (χ0v) is 12.8. The van der Waals surface area contributed by atoms with Gasteiger partial charge in [-0.15, -0.1) is 0 Å². The number of amides is 1. The summed E-state index contributed by atoms with van der Waals surface area (Å²) in [7, 11) is 0. The van der Waals surface area contributed by atoms with Gasteiger partial charge in [0.1, 0.15) is 6.54 Å². The lowest BCUT2D eigenvalue weighted by molar-refractivity contribution is -0.385. The van der Waals surface area contributed by atoms with E-state index in [1.807, 2.05) is 0 Å². The van der Waals surface area contributed by atoms with Crippen LogP contribution in [0.25, 0.3) is 0 Å². The molecule has 1 aromatic rings. The number of pyridine rings is 1. The van der Waals surface area contributed by atoms with Crippen molar-refractivity contribution in [2.45, 2.75) is 44.3 Å². The molecule has 2 fully saturated rings. The highest BCUT2D eigenvalue weighted by molar-refractivity contribution is 5.76. The minimum absolute atomic E-state index is 0.118. The molecular formula is C15H20N4O4. The second kappa shape index (κ2) is 6.49. The second-order valence-electron chi connectivity index (χ2n) is 6.22. The molecule has 3 rings (SSSR count). The molecule has 0 atom stereocenters. The molecule has 1 amide bonds. The molecule has 8 heteroatoms. The smallest absolute Gasteiger partial charge is 0.285 e. The molecule has 1 saturated carbocycles. The average molecular weight is 320 g/mol. The van der Waals surface area contributed by atoms with Crippen LogP contribution >= 0.6 is 0 Å². The van der Waals surface area contributed by atoms with E-state index in [0.717, 1.165) is 54.9 Å². The molecule has 1 aliphatic carbocycles.